The smallest absolute Gasteiger partial charge is 0.128 e. The summed E-state index contributed by atoms with van der Waals surface area (Å²) in [5.74, 6) is 1.28. The monoisotopic (exact) mass is 258 g/mol. The molecule has 0 spiro atoms. The molecule has 2 rings (SSSR count). The summed E-state index contributed by atoms with van der Waals surface area (Å²) < 4.78 is 5.16. The lowest BCUT2D eigenvalue weighted by molar-refractivity contribution is 0.259. The van der Waals surface area contributed by atoms with E-state index in [-0.39, 0.29) is 0 Å². The fourth-order valence-corrected chi connectivity index (χ4v) is 3.07. The first-order chi connectivity index (χ1) is 9.24. The normalized spacial score (nSPS) is 26.5. The van der Waals surface area contributed by atoms with Gasteiger partial charge >= 0.3 is 0 Å². The van der Waals surface area contributed by atoms with E-state index in [4.69, 9.17) is 4.74 Å². The predicted octanol–water partition coefficient (Wildman–Crippen LogP) is 3.97. The zero-order chi connectivity index (χ0) is 13.7. The van der Waals surface area contributed by atoms with E-state index in [0.717, 1.165) is 37.1 Å². The van der Waals surface area contributed by atoms with E-state index in [1.54, 1.807) is 7.11 Å². The Bertz CT molecular complexity index is 449. The number of rotatable bonds is 4. The van der Waals surface area contributed by atoms with Crippen LogP contribution in [0, 0.1) is 17.2 Å². The van der Waals surface area contributed by atoms with Crippen LogP contribution in [0.4, 0.5) is 5.69 Å². The zero-order valence-electron chi connectivity index (χ0n) is 11.8. The molecule has 0 saturated heterocycles. The van der Waals surface area contributed by atoms with Crippen molar-refractivity contribution in [3.63, 3.8) is 0 Å². The Kier molecular flexibility index (Phi) is 4.31. The maximum absolute atomic E-state index is 9.67. The lowest BCUT2D eigenvalue weighted by atomic mass is 9.72. The topological polar surface area (TPSA) is 45.0 Å². The molecule has 102 valence electrons. The lowest BCUT2D eigenvalue weighted by Crippen LogP contribution is -2.46. The summed E-state index contributed by atoms with van der Waals surface area (Å²) in [6.45, 7) is 2.18. The van der Waals surface area contributed by atoms with E-state index in [0.29, 0.717) is 5.92 Å². The largest absolute Gasteiger partial charge is 0.497 e. The Morgan fingerprint density at radius 2 is 2.11 bits per heavy atom. The fourth-order valence-electron chi connectivity index (χ4n) is 3.07. The summed E-state index contributed by atoms with van der Waals surface area (Å²) in [6.07, 6.45) is 5.51. The Morgan fingerprint density at radius 3 is 2.68 bits per heavy atom. The second-order valence-electron chi connectivity index (χ2n) is 5.29. The minimum atomic E-state index is -0.401. The Hall–Kier alpha value is -1.69. The number of hydrogen-bond donors (Lipinski definition) is 1. The van der Waals surface area contributed by atoms with Gasteiger partial charge in [0.15, 0.2) is 0 Å². The van der Waals surface area contributed by atoms with Crippen LogP contribution in [-0.4, -0.2) is 12.6 Å². The van der Waals surface area contributed by atoms with Crippen LogP contribution in [-0.2, 0) is 0 Å². The molecule has 3 nitrogen and oxygen atoms in total. The first-order valence-electron chi connectivity index (χ1n) is 7.07. The minimum absolute atomic E-state index is 0.401. The summed E-state index contributed by atoms with van der Waals surface area (Å²) >= 11 is 0. The Balaban J connectivity index is 2.19. The van der Waals surface area contributed by atoms with Gasteiger partial charge in [-0.3, -0.25) is 0 Å². The van der Waals surface area contributed by atoms with Gasteiger partial charge in [-0.1, -0.05) is 26.2 Å². The molecule has 2 atom stereocenters. The highest BCUT2D eigenvalue weighted by Gasteiger charge is 2.39. The highest BCUT2D eigenvalue weighted by atomic mass is 16.5. The molecule has 1 aliphatic rings. The Morgan fingerprint density at radius 1 is 1.37 bits per heavy atom. The van der Waals surface area contributed by atoms with Crippen molar-refractivity contribution in [2.75, 3.05) is 12.4 Å². The van der Waals surface area contributed by atoms with Crippen LogP contribution in [0.25, 0.3) is 0 Å². The minimum Gasteiger partial charge on any atom is -0.497 e. The quantitative estimate of drug-likeness (QED) is 0.888. The summed E-state index contributed by atoms with van der Waals surface area (Å²) in [7, 11) is 1.66. The van der Waals surface area contributed by atoms with Crippen LogP contribution in [0.3, 0.4) is 0 Å². The fraction of sp³-hybridized carbons (Fsp3) is 0.562. The SMILES string of the molecule is CCC1CCCCC1(C#N)Nc1ccc(OC)cc1. The van der Waals surface area contributed by atoms with Crippen LogP contribution in [0.15, 0.2) is 24.3 Å². The molecule has 1 aromatic rings. The summed E-state index contributed by atoms with van der Waals surface area (Å²) in [5, 5.41) is 13.1. The van der Waals surface area contributed by atoms with Gasteiger partial charge < -0.3 is 10.1 Å². The number of nitriles is 1. The van der Waals surface area contributed by atoms with E-state index in [1.807, 2.05) is 24.3 Å². The van der Waals surface area contributed by atoms with Gasteiger partial charge in [0.2, 0.25) is 0 Å². The number of hydrogen-bond acceptors (Lipinski definition) is 3. The van der Waals surface area contributed by atoms with Crippen LogP contribution < -0.4 is 10.1 Å². The molecule has 0 aromatic heterocycles. The van der Waals surface area contributed by atoms with Gasteiger partial charge in [0.05, 0.1) is 13.2 Å². The standard InChI is InChI=1S/C16H22N2O/c1-3-13-6-4-5-11-16(13,12-17)18-14-7-9-15(19-2)10-8-14/h7-10,13,18H,3-6,11H2,1-2H3. The van der Waals surface area contributed by atoms with E-state index in [2.05, 4.69) is 18.3 Å². The van der Waals surface area contributed by atoms with Crippen LogP contribution in [0.5, 0.6) is 5.75 Å². The number of nitrogens with one attached hydrogen (secondary N) is 1. The van der Waals surface area contributed by atoms with Gasteiger partial charge in [0, 0.05) is 5.69 Å². The van der Waals surface area contributed by atoms with Gasteiger partial charge in [0.25, 0.3) is 0 Å². The molecule has 3 heteroatoms. The third-order valence-corrected chi connectivity index (χ3v) is 4.22. The summed E-state index contributed by atoms with van der Waals surface area (Å²) in [4.78, 5) is 0. The van der Waals surface area contributed by atoms with Gasteiger partial charge in [-0.15, -0.1) is 0 Å². The molecule has 0 heterocycles. The van der Waals surface area contributed by atoms with Crippen molar-refractivity contribution in [2.24, 2.45) is 5.92 Å². The number of benzene rings is 1. The molecule has 2 unspecified atom stereocenters. The molecule has 0 bridgehead atoms. The molecule has 1 aliphatic carbocycles. The van der Waals surface area contributed by atoms with Crippen molar-refractivity contribution in [1.82, 2.24) is 0 Å². The predicted molar refractivity (Wildman–Crippen MR) is 77.2 cm³/mol. The average molecular weight is 258 g/mol. The molecule has 0 aliphatic heterocycles. The highest BCUT2D eigenvalue weighted by molar-refractivity contribution is 5.50. The van der Waals surface area contributed by atoms with Crippen molar-refractivity contribution in [1.29, 1.82) is 5.26 Å². The number of anilines is 1. The number of methoxy groups -OCH3 is 1. The second kappa shape index (κ2) is 5.97. The van der Waals surface area contributed by atoms with Crippen molar-refractivity contribution >= 4 is 5.69 Å². The zero-order valence-corrected chi connectivity index (χ0v) is 11.8. The van der Waals surface area contributed by atoms with E-state index >= 15 is 0 Å². The molecule has 0 amide bonds. The molecule has 19 heavy (non-hydrogen) atoms. The summed E-state index contributed by atoms with van der Waals surface area (Å²) in [6, 6.07) is 10.4. The third kappa shape index (κ3) is 2.84. The van der Waals surface area contributed by atoms with E-state index < -0.39 is 5.54 Å². The molecule has 0 radical (unpaired) electrons. The van der Waals surface area contributed by atoms with Crippen molar-refractivity contribution in [3.8, 4) is 11.8 Å². The Labute approximate surface area is 115 Å². The van der Waals surface area contributed by atoms with Crippen LogP contribution >= 0.6 is 0 Å². The number of nitrogens with zero attached hydrogens (tertiary/aromatic N) is 1. The maximum Gasteiger partial charge on any atom is 0.128 e. The second-order valence-corrected chi connectivity index (χ2v) is 5.29. The molecular weight excluding hydrogens is 236 g/mol. The summed E-state index contributed by atoms with van der Waals surface area (Å²) in [5.41, 5.74) is 0.601. The first kappa shape index (κ1) is 13.7. The third-order valence-electron chi connectivity index (χ3n) is 4.22. The highest BCUT2D eigenvalue weighted by Crippen LogP contribution is 2.38. The molecule has 1 fully saturated rings. The van der Waals surface area contributed by atoms with Crippen molar-refractivity contribution < 1.29 is 4.74 Å². The lowest BCUT2D eigenvalue weighted by Gasteiger charge is -2.40. The van der Waals surface area contributed by atoms with Gasteiger partial charge in [-0.2, -0.15) is 5.26 Å². The maximum atomic E-state index is 9.67. The van der Waals surface area contributed by atoms with E-state index in [9.17, 15) is 5.26 Å². The average Bonchev–Trinajstić information content (AvgIpc) is 2.48. The molecule has 1 aromatic carbocycles. The first-order valence-corrected chi connectivity index (χ1v) is 7.07. The van der Waals surface area contributed by atoms with Crippen LogP contribution in [0.2, 0.25) is 0 Å². The van der Waals surface area contributed by atoms with Crippen molar-refractivity contribution in [3.05, 3.63) is 24.3 Å². The molecule has 1 saturated carbocycles. The van der Waals surface area contributed by atoms with Gasteiger partial charge in [-0.25, -0.2) is 0 Å². The van der Waals surface area contributed by atoms with Crippen molar-refractivity contribution in [2.45, 2.75) is 44.6 Å². The van der Waals surface area contributed by atoms with Crippen LogP contribution in [0.1, 0.15) is 39.0 Å². The molecule has 1 N–H and O–H groups in total. The van der Waals surface area contributed by atoms with Gasteiger partial charge in [0.1, 0.15) is 11.3 Å². The van der Waals surface area contributed by atoms with E-state index in [1.165, 1.54) is 6.42 Å². The number of ether oxygens (including phenoxy) is 1. The van der Waals surface area contributed by atoms with Gasteiger partial charge in [-0.05, 0) is 43.0 Å². The molecular formula is C16H22N2O.